The standard InChI is InChI=1S/C18H27NS/c1-14-4-2-7-17(12-14)19-10-11-20-18-9-8-15-5-3-6-16(15)13-18/h8-9,13-14,17,19H,2-7,10-12H2,1H3. The second-order valence-corrected chi connectivity index (χ2v) is 7.72. The van der Waals surface area contributed by atoms with Crippen LogP contribution in [0.5, 0.6) is 0 Å². The second-order valence-electron chi connectivity index (χ2n) is 6.56. The molecule has 3 rings (SSSR count). The van der Waals surface area contributed by atoms with Crippen LogP contribution in [0.3, 0.4) is 0 Å². The molecule has 2 aliphatic rings. The Morgan fingerprint density at radius 2 is 2.05 bits per heavy atom. The topological polar surface area (TPSA) is 12.0 Å². The molecule has 110 valence electrons. The molecule has 0 radical (unpaired) electrons. The summed E-state index contributed by atoms with van der Waals surface area (Å²) in [4.78, 5) is 1.46. The molecule has 2 aliphatic carbocycles. The molecular weight excluding hydrogens is 262 g/mol. The highest BCUT2D eigenvalue weighted by Crippen LogP contribution is 2.27. The monoisotopic (exact) mass is 289 g/mol. The Morgan fingerprint density at radius 1 is 1.15 bits per heavy atom. The van der Waals surface area contributed by atoms with Gasteiger partial charge in [0, 0.05) is 23.2 Å². The minimum atomic E-state index is 0.777. The van der Waals surface area contributed by atoms with Gasteiger partial charge in [0.05, 0.1) is 0 Å². The van der Waals surface area contributed by atoms with Gasteiger partial charge < -0.3 is 5.32 Å². The van der Waals surface area contributed by atoms with Crippen LogP contribution in [0, 0.1) is 5.92 Å². The van der Waals surface area contributed by atoms with Gasteiger partial charge in [-0.15, -0.1) is 11.8 Å². The summed E-state index contributed by atoms with van der Waals surface area (Å²) in [5.74, 6) is 2.12. The third-order valence-corrected chi connectivity index (χ3v) is 5.81. The third-order valence-electron chi connectivity index (χ3n) is 4.81. The van der Waals surface area contributed by atoms with E-state index in [4.69, 9.17) is 0 Å². The highest BCUT2D eigenvalue weighted by molar-refractivity contribution is 7.99. The van der Waals surface area contributed by atoms with E-state index in [0.717, 1.165) is 18.5 Å². The van der Waals surface area contributed by atoms with E-state index in [1.807, 2.05) is 11.8 Å². The van der Waals surface area contributed by atoms with Crippen molar-refractivity contribution in [3.8, 4) is 0 Å². The van der Waals surface area contributed by atoms with Crippen LogP contribution in [-0.2, 0) is 12.8 Å². The number of nitrogens with one attached hydrogen (secondary N) is 1. The lowest BCUT2D eigenvalue weighted by molar-refractivity contribution is 0.306. The van der Waals surface area contributed by atoms with Crippen LogP contribution >= 0.6 is 11.8 Å². The van der Waals surface area contributed by atoms with Crippen LogP contribution in [-0.4, -0.2) is 18.3 Å². The van der Waals surface area contributed by atoms with Crippen LogP contribution in [0.25, 0.3) is 0 Å². The number of benzene rings is 1. The summed E-state index contributed by atoms with van der Waals surface area (Å²) in [6, 6.07) is 7.87. The predicted molar refractivity (Wildman–Crippen MR) is 88.6 cm³/mol. The number of rotatable bonds is 5. The van der Waals surface area contributed by atoms with Crippen molar-refractivity contribution >= 4 is 11.8 Å². The van der Waals surface area contributed by atoms with Crippen molar-refractivity contribution < 1.29 is 0 Å². The van der Waals surface area contributed by atoms with Crippen LogP contribution in [0.1, 0.15) is 50.2 Å². The van der Waals surface area contributed by atoms with E-state index >= 15 is 0 Å². The quantitative estimate of drug-likeness (QED) is 0.635. The maximum absolute atomic E-state index is 3.75. The Kier molecular flexibility index (Phi) is 5.06. The highest BCUT2D eigenvalue weighted by atomic mass is 32.2. The van der Waals surface area contributed by atoms with Gasteiger partial charge >= 0.3 is 0 Å². The average molecular weight is 289 g/mol. The van der Waals surface area contributed by atoms with Crippen LogP contribution < -0.4 is 5.32 Å². The molecule has 0 spiro atoms. The van der Waals surface area contributed by atoms with Crippen LogP contribution in [0.4, 0.5) is 0 Å². The molecule has 0 aliphatic heterocycles. The third kappa shape index (κ3) is 3.79. The summed E-state index contributed by atoms with van der Waals surface area (Å²) in [5.41, 5.74) is 3.19. The molecule has 1 nitrogen and oxygen atoms in total. The van der Waals surface area contributed by atoms with Gasteiger partial charge in [0.1, 0.15) is 0 Å². The summed E-state index contributed by atoms with van der Waals surface area (Å²) in [6.45, 7) is 3.55. The molecular formula is C18H27NS. The molecule has 1 aromatic carbocycles. The van der Waals surface area contributed by atoms with E-state index in [0.29, 0.717) is 0 Å². The minimum Gasteiger partial charge on any atom is -0.313 e. The molecule has 0 aromatic heterocycles. The molecule has 0 bridgehead atoms. The first-order valence-electron chi connectivity index (χ1n) is 8.29. The van der Waals surface area contributed by atoms with Gasteiger partial charge in [-0.25, -0.2) is 0 Å². The van der Waals surface area contributed by atoms with E-state index in [2.05, 4.69) is 30.4 Å². The van der Waals surface area contributed by atoms with Gasteiger partial charge in [-0.3, -0.25) is 0 Å². The Balaban J connectivity index is 1.39. The van der Waals surface area contributed by atoms with Gasteiger partial charge in [0.25, 0.3) is 0 Å². The van der Waals surface area contributed by atoms with Crippen molar-refractivity contribution in [1.82, 2.24) is 5.32 Å². The fraction of sp³-hybridized carbons (Fsp3) is 0.667. The van der Waals surface area contributed by atoms with Crippen molar-refractivity contribution in [2.75, 3.05) is 12.3 Å². The molecule has 2 unspecified atom stereocenters. The molecule has 20 heavy (non-hydrogen) atoms. The van der Waals surface area contributed by atoms with E-state index in [9.17, 15) is 0 Å². The normalized spacial score (nSPS) is 25.6. The summed E-state index contributed by atoms with van der Waals surface area (Å²) in [5, 5.41) is 3.75. The van der Waals surface area contributed by atoms with Gasteiger partial charge in [-0.1, -0.05) is 25.8 Å². The summed E-state index contributed by atoms with van der Waals surface area (Å²) < 4.78 is 0. The van der Waals surface area contributed by atoms with Crippen molar-refractivity contribution in [3.05, 3.63) is 29.3 Å². The Labute approximate surface area is 127 Å². The van der Waals surface area contributed by atoms with E-state index in [1.54, 1.807) is 11.1 Å². The number of aryl methyl sites for hydroxylation is 2. The first kappa shape index (κ1) is 14.5. The Bertz CT molecular complexity index is 443. The summed E-state index contributed by atoms with van der Waals surface area (Å²) in [7, 11) is 0. The molecule has 2 heteroatoms. The number of fused-ring (bicyclic) bond motifs is 1. The predicted octanol–water partition coefficient (Wildman–Crippen LogP) is 4.44. The van der Waals surface area contributed by atoms with Crippen molar-refractivity contribution in [2.24, 2.45) is 5.92 Å². The van der Waals surface area contributed by atoms with E-state index in [-0.39, 0.29) is 0 Å². The zero-order valence-electron chi connectivity index (χ0n) is 12.7. The van der Waals surface area contributed by atoms with Crippen molar-refractivity contribution in [2.45, 2.75) is 62.8 Å². The maximum Gasteiger partial charge on any atom is 0.0106 e. The maximum atomic E-state index is 3.75. The fourth-order valence-electron chi connectivity index (χ4n) is 3.69. The lowest BCUT2D eigenvalue weighted by Crippen LogP contribution is -2.34. The van der Waals surface area contributed by atoms with Crippen LogP contribution in [0.2, 0.25) is 0 Å². The largest absolute Gasteiger partial charge is 0.313 e. The lowest BCUT2D eigenvalue weighted by atomic mass is 9.87. The lowest BCUT2D eigenvalue weighted by Gasteiger charge is -2.27. The minimum absolute atomic E-state index is 0.777. The van der Waals surface area contributed by atoms with Gasteiger partial charge in [-0.05, 0) is 61.3 Å². The van der Waals surface area contributed by atoms with E-state index < -0.39 is 0 Å². The molecule has 2 atom stereocenters. The molecule has 0 heterocycles. The van der Waals surface area contributed by atoms with Crippen LogP contribution in [0.15, 0.2) is 23.1 Å². The van der Waals surface area contributed by atoms with Gasteiger partial charge in [-0.2, -0.15) is 0 Å². The molecule has 1 N–H and O–H groups in total. The number of thioether (sulfide) groups is 1. The molecule has 0 amide bonds. The zero-order chi connectivity index (χ0) is 13.8. The second kappa shape index (κ2) is 7.00. The van der Waals surface area contributed by atoms with Gasteiger partial charge in [0.2, 0.25) is 0 Å². The highest BCUT2D eigenvalue weighted by Gasteiger charge is 2.17. The molecule has 1 aromatic rings. The first-order chi connectivity index (χ1) is 9.81. The van der Waals surface area contributed by atoms with Crippen molar-refractivity contribution in [3.63, 3.8) is 0 Å². The van der Waals surface area contributed by atoms with Crippen molar-refractivity contribution in [1.29, 1.82) is 0 Å². The molecule has 1 fully saturated rings. The Morgan fingerprint density at radius 3 is 2.95 bits per heavy atom. The molecule has 1 saturated carbocycles. The summed E-state index contributed by atoms with van der Waals surface area (Å²) >= 11 is 2.01. The SMILES string of the molecule is CC1CCCC(NCCSc2ccc3c(c2)CCC3)C1. The summed E-state index contributed by atoms with van der Waals surface area (Å²) in [6.07, 6.45) is 9.55. The molecule has 0 saturated heterocycles. The zero-order valence-corrected chi connectivity index (χ0v) is 13.5. The van der Waals surface area contributed by atoms with E-state index in [1.165, 1.54) is 55.6 Å². The number of hydrogen-bond acceptors (Lipinski definition) is 2. The van der Waals surface area contributed by atoms with Gasteiger partial charge in [0.15, 0.2) is 0 Å². The Hall–Kier alpha value is -0.470. The smallest absolute Gasteiger partial charge is 0.0106 e. The first-order valence-corrected chi connectivity index (χ1v) is 9.28. The fourth-order valence-corrected chi connectivity index (χ4v) is 4.53. The number of hydrogen-bond donors (Lipinski definition) is 1. The average Bonchev–Trinajstić information content (AvgIpc) is 2.91.